The fourth-order valence-electron chi connectivity index (χ4n) is 3.66. The van der Waals surface area contributed by atoms with Crippen molar-refractivity contribution in [2.24, 2.45) is 11.1 Å². The number of hydrogen-bond donors (Lipinski definition) is 1. The number of para-hydroxylation sites is 1. The number of likely N-dealkylation sites (tertiary alicyclic amines) is 1. The lowest BCUT2D eigenvalue weighted by atomic mass is 9.80. The van der Waals surface area contributed by atoms with Gasteiger partial charge in [0, 0.05) is 25.6 Å². The molecule has 1 saturated heterocycles. The van der Waals surface area contributed by atoms with Crippen molar-refractivity contribution in [2.45, 2.75) is 45.4 Å². The summed E-state index contributed by atoms with van der Waals surface area (Å²) in [6, 6.07) is 8.31. The standard InChI is InChI=1S/C19H27N3OS.2ClH/c1-3-19(4-2,13-20)18(23)22-11-9-14(10-12-22)17-21-15-7-5-6-8-16(15)24-17;;/h5-8,14H,3-4,9-13,20H2,1-2H3;2*1H. The molecule has 0 aliphatic carbocycles. The zero-order valence-corrected chi connectivity index (χ0v) is 17.9. The Morgan fingerprint density at radius 3 is 2.38 bits per heavy atom. The Kier molecular flexibility index (Phi) is 8.80. The Balaban J connectivity index is 0.00000169. The molecule has 2 N–H and O–H groups in total. The summed E-state index contributed by atoms with van der Waals surface area (Å²) in [7, 11) is 0. The van der Waals surface area contributed by atoms with Gasteiger partial charge < -0.3 is 10.6 Å². The number of hydrogen-bond acceptors (Lipinski definition) is 4. The number of rotatable bonds is 5. The molecule has 26 heavy (non-hydrogen) atoms. The first-order chi connectivity index (χ1) is 11.6. The van der Waals surface area contributed by atoms with Crippen LogP contribution in [-0.4, -0.2) is 35.4 Å². The van der Waals surface area contributed by atoms with Crippen molar-refractivity contribution in [3.8, 4) is 0 Å². The van der Waals surface area contributed by atoms with E-state index < -0.39 is 0 Å². The summed E-state index contributed by atoms with van der Waals surface area (Å²) in [5.74, 6) is 0.722. The maximum atomic E-state index is 12.9. The van der Waals surface area contributed by atoms with Crippen molar-refractivity contribution in [1.82, 2.24) is 9.88 Å². The first kappa shape index (κ1) is 23.2. The Bertz CT molecular complexity index is 668. The average Bonchev–Trinajstić information content (AvgIpc) is 3.08. The molecule has 0 atom stereocenters. The summed E-state index contributed by atoms with van der Waals surface area (Å²) < 4.78 is 1.25. The van der Waals surface area contributed by atoms with Gasteiger partial charge in [-0.3, -0.25) is 4.79 Å². The van der Waals surface area contributed by atoms with Crippen LogP contribution in [0.4, 0.5) is 0 Å². The minimum Gasteiger partial charge on any atom is -0.342 e. The molecule has 1 aliphatic heterocycles. The van der Waals surface area contributed by atoms with E-state index in [0.717, 1.165) is 44.3 Å². The third kappa shape index (κ3) is 4.33. The lowest BCUT2D eigenvalue weighted by molar-refractivity contribution is -0.143. The fraction of sp³-hybridized carbons (Fsp3) is 0.579. The van der Waals surface area contributed by atoms with E-state index in [-0.39, 0.29) is 36.1 Å². The van der Waals surface area contributed by atoms with Crippen LogP contribution >= 0.6 is 36.2 Å². The maximum Gasteiger partial charge on any atom is 0.230 e. The summed E-state index contributed by atoms with van der Waals surface area (Å²) >= 11 is 1.80. The van der Waals surface area contributed by atoms with E-state index in [2.05, 4.69) is 32.0 Å². The second kappa shape index (κ2) is 9.88. The summed E-state index contributed by atoms with van der Waals surface area (Å²) in [5.41, 5.74) is 6.66. The number of thiazole rings is 1. The van der Waals surface area contributed by atoms with Crippen LogP contribution in [0.1, 0.15) is 50.5 Å². The van der Waals surface area contributed by atoms with Crippen molar-refractivity contribution in [2.75, 3.05) is 19.6 Å². The number of nitrogens with two attached hydrogens (primary N) is 1. The average molecular weight is 418 g/mol. The minimum atomic E-state index is -0.372. The van der Waals surface area contributed by atoms with Gasteiger partial charge in [-0.2, -0.15) is 0 Å². The van der Waals surface area contributed by atoms with Crippen molar-refractivity contribution in [3.63, 3.8) is 0 Å². The van der Waals surface area contributed by atoms with E-state index in [1.165, 1.54) is 9.71 Å². The van der Waals surface area contributed by atoms with E-state index in [1.54, 1.807) is 11.3 Å². The van der Waals surface area contributed by atoms with Crippen molar-refractivity contribution >= 4 is 52.3 Å². The predicted molar refractivity (Wildman–Crippen MR) is 115 cm³/mol. The first-order valence-electron chi connectivity index (χ1n) is 8.98. The Hall–Kier alpha value is -0.880. The van der Waals surface area contributed by atoms with E-state index in [0.29, 0.717) is 12.5 Å². The molecule has 2 heterocycles. The highest BCUT2D eigenvalue weighted by Crippen LogP contribution is 2.36. The summed E-state index contributed by atoms with van der Waals surface area (Å²) in [6.07, 6.45) is 3.63. The number of piperidine rings is 1. The molecule has 1 aromatic carbocycles. The SMILES string of the molecule is CCC(CC)(CN)C(=O)N1CCC(c2nc3ccccc3s2)CC1.Cl.Cl. The smallest absolute Gasteiger partial charge is 0.230 e. The molecule has 0 unspecified atom stereocenters. The molecule has 1 aliphatic rings. The van der Waals surface area contributed by atoms with Crippen molar-refractivity contribution in [1.29, 1.82) is 0 Å². The number of amides is 1. The number of carbonyl (C=O) groups is 1. The van der Waals surface area contributed by atoms with E-state index in [1.807, 2.05) is 11.0 Å². The molecule has 3 rings (SSSR count). The molecule has 2 aromatic rings. The molecule has 0 saturated carbocycles. The molecule has 1 aromatic heterocycles. The molecule has 4 nitrogen and oxygen atoms in total. The first-order valence-corrected chi connectivity index (χ1v) is 9.80. The monoisotopic (exact) mass is 417 g/mol. The van der Waals surface area contributed by atoms with Gasteiger partial charge in [-0.05, 0) is 37.8 Å². The second-order valence-corrected chi connectivity index (χ2v) is 7.84. The molecule has 146 valence electrons. The highest BCUT2D eigenvalue weighted by Gasteiger charge is 2.38. The number of carbonyl (C=O) groups excluding carboxylic acids is 1. The minimum absolute atomic E-state index is 0. The third-order valence-electron chi connectivity index (χ3n) is 5.64. The van der Waals surface area contributed by atoms with Crippen LogP contribution in [0.2, 0.25) is 0 Å². The van der Waals surface area contributed by atoms with Gasteiger partial charge in [0.2, 0.25) is 5.91 Å². The number of aromatic nitrogens is 1. The number of halogens is 2. The van der Waals surface area contributed by atoms with Gasteiger partial charge in [0.15, 0.2) is 0 Å². The summed E-state index contributed by atoms with van der Waals surface area (Å²) in [4.78, 5) is 19.8. The predicted octanol–water partition coefficient (Wildman–Crippen LogP) is 4.61. The van der Waals surface area contributed by atoms with Crippen LogP contribution in [0.25, 0.3) is 10.2 Å². The van der Waals surface area contributed by atoms with Gasteiger partial charge >= 0.3 is 0 Å². The molecule has 1 fully saturated rings. The highest BCUT2D eigenvalue weighted by molar-refractivity contribution is 7.18. The topological polar surface area (TPSA) is 59.2 Å². The Labute approximate surface area is 172 Å². The van der Waals surface area contributed by atoms with Gasteiger partial charge in [0.25, 0.3) is 0 Å². The molecule has 0 spiro atoms. The van der Waals surface area contributed by atoms with E-state index in [9.17, 15) is 4.79 Å². The van der Waals surface area contributed by atoms with Crippen molar-refractivity contribution in [3.05, 3.63) is 29.3 Å². The largest absolute Gasteiger partial charge is 0.342 e. The molecular weight excluding hydrogens is 389 g/mol. The van der Waals surface area contributed by atoms with Crippen LogP contribution in [-0.2, 0) is 4.79 Å². The lowest BCUT2D eigenvalue weighted by Gasteiger charge is -2.38. The van der Waals surface area contributed by atoms with Crippen LogP contribution in [0.15, 0.2) is 24.3 Å². The molecule has 1 amide bonds. The van der Waals surface area contributed by atoms with Gasteiger partial charge in [0.1, 0.15) is 0 Å². The second-order valence-electron chi connectivity index (χ2n) is 6.78. The number of benzene rings is 1. The molecule has 0 bridgehead atoms. The number of fused-ring (bicyclic) bond motifs is 1. The van der Waals surface area contributed by atoms with Gasteiger partial charge in [-0.1, -0.05) is 26.0 Å². The van der Waals surface area contributed by atoms with Crippen LogP contribution in [0.5, 0.6) is 0 Å². The Morgan fingerprint density at radius 1 is 1.23 bits per heavy atom. The highest BCUT2D eigenvalue weighted by atomic mass is 35.5. The zero-order valence-electron chi connectivity index (χ0n) is 15.4. The van der Waals surface area contributed by atoms with Gasteiger partial charge in [-0.15, -0.1) is 36.2 Å². The maximum absolute atomic E-state index is 12.9. The zero-order chi connectivity index (χ0) is 17.2. The lowest BCUT2D eigenvalue weighted by Crippen LogP contribution is -2.49. The van der Waals surface area contributed by atoms with E-state index in [4.69, 9.17) is 10.7 Å². The summed E-state index contributed by atoms with van der Waals surface area (Å²) in [6.45, 7) is 6.23. The van der Waals surface area contributed by atoms with Gasteiger partial charge in [0.05, 0.1) is 20.6 Å². The van der Waals surface area contributed by atoms with E-state index >= 15 is 0 Å². The fourth-order valence-corrected chi connectivity index (χ4v) is 4.79. The van der Waals surface area contributed by atoms with Crippen LogP contribution in [0.3, 0.4) is 0 Å². The quantitative estimate of drug-likeness (QED) is 0.771. The number of nitrogens with zero attached hydrogens (tertiary/aromatic N) is 2. The van der Waals surface area contributed by atoms with Crippen LogP contribution < -0.4 is 5.73 Å². The normalized spacial score (nSPS) is 15.4. The molecule has 0 radical (unpaired) electrons. The molecular formula is C19H29Cl2N3OS. The summed E-state index contributed by atoms with van der Waals surface area (Å²) in [5, 5.41) is 1.22. The Morgan fingerprint density at radius 2 is 1.85 bits per heavy atom. The molecule has 7 heteroatoms. The third-order valence-corrected chi connectivity index (χ3v) is 6.84. The van der Waals surface area contributed by atoms with Crippen LogP contribution in [0, 0.1) is 5.41 Å². The van der Waals surface area contributed by atoms with Gasteiger partial charge in [-0.25, -0.2) is 4.98 Å². The van der Waals surface area contributed by atoms with Crippen molar-refractivity contribution < 1.29 is 4.79 Å².